The van der Waals surface area contributed by atoms with E-state index in [1.807, 2.05) is 30.3 Å². The molecular formula is C15H19ClF3NO. The maximum Gasteiger partial charge on any atom is 0.471 e. The van der Waals surface area contributed by atoms with E-state index in [4.69, 9.17) is 11.6 Å². The van der Waals surface area contributed by atoms with E-state index in [1.165, 1.54) is 0 Å². The second kappa shape index (κ2) is 8.27. The number of alkyl halides is 4. The van der Waals surface area contributed by atoms with Crippen LogP contribution in [-0.4, -0.2) is 35.4 Å². The fraction of sp³-hybridized carbons (Fsp3) is 0.533. The van der Waals surface area contributed by atoms with E-state index in [1.54, 1.807) is 6.92 Å². The Bertz CT molecular complexity index is 436. The van der Waals surface area contributed by atoms with Gasteiger partial charge in [0.05, 0.1) is 0 Å². The summed E-state index contributed by atoms with van der Waals surface area (Å²) in [6, 6.07) is 8.65. The third-order valence-corrected chi connectivity index (χ3v) is 3.46. The van der Waals surface area contributed by atoms with Crippen LogP contribution in [0.1, 0.15) is 25.3 Å². The average Bonchev–Trinajstić information content (AvgIpc) is 2.43. The fourth-order valence-corrected chi connectivity index (χ4v) is 2.32. The molecule has 1 amide bonds. The first-order chi connectivity index (χ1) is 9.86. The average molecular weight is 322 g/mol. The van der Waals surface area contributed by atoms with E-state index in [0.717, 1.165) is 10.5 Å². The van der Waals surface area contributed by atoms with Crippen molar-refractivity contribution in [3.05, 3.63) is 35.9 Å². The van der Waals surface area contributed by atoms with Crippen LogP contribution in [0.25, 0.3) is 0 Å². The minimum Gasteiger partial charge on any atom is -0.332 e. The van der Waals surface area contributed by atoms with Crippen LogP contribution in [0.4, 0.5) is 13.2 Å². The van der Waals surface area contributed by atoms with Crippen molar-refractivity contribution in [2.45, 2.75) is 38.4 Å². The molecule has 21 heavy (non-hydrogen) atoms. The van der Waals surface area contributed by atoms with Gasteiger partial charge in [-0.15, -0.1) is 11.6 Å². The summed E-state index contributed by atoms with van der Waals surface area (Å²) >= 11 is 5.54. The van der Waals surface area contributed by atoms with Gasteiger partial charge in [0.15, 0.2) is 0 Å². The van der Waals surface area contributed by atoms with Crippen LogP contribution in [0.3, 0.4) is 0 Å². The molecule has 1 unspecified atom stereocenters. The van der Waals surface area contributed by atoms with Crippen molar-refractivity contribution < 1.29 is 18.0 Å². The van der Waals surface area contributed by atoms with Crippen LogP contribution >= 0.6 is 11.6 Å². The van der Waals surface area contributed by atoms with Gasteiger partial charge in [-0.05, 0) is 31.7 Å². The number of amides is 1. The summed E-state index contributed by atoms with van der Waals surface area (Å²) in [4.78, 5) is 12.5. The number of hydrogen-bond acceptors (Lipinski definition) is 1. The molecule has 0 heterocycles. The van der Waals surface area contributed by atoms with Gasteiger partial charge in [0.2, 0.25) is 0 Å². The summed E-state index contributed by atoms with van der Waals surface area (Å²) in [5.41, 5.74) is 0.905. The molecule has 0 saturated carbocycles. The second-order valence-electron chi connectivity index (χ2n) is 4.93. The third kappa shape index (κ3) is 5.96. The maximum atomic E-state index is 12.7. The predicted octanol–water partition coefficient (Wildman–Crippen LogP) is 4.03. The lowest BCUT2D eigenvalue weighted by molar-refractivity contribution is -0.187. The molecule has 0 N–H and O–H groups in total. The van der Waals surface area contributed by atoms with Gasteiger partial charge in [0, 0.05) is 18.5 Å². The van der Waals surface area contributed by atoms with Crippen LogP contribution in [0.15, 0.2) is 30.3 Å². The van der Waals surface area contributed by atoms with Gasteiger partial charge in [-0.25, -0.2) is 0 Å². The summed E-state index contributed by atoms with van der Waals surface area (Å²) in [7, 11) is 0. The zero-order chi connectivity index (χ0) is 15.9. The quantitative estimate of drug-likeness (QED) is 0.548. The molecule has 1 aromatic carbocycles. The molecular weight excluding hydrogens is 303 g/mol. The van der Waals surface area contributed by atoms with E-state index in [9.17, 15) is 18.0 Å². The van der Waals surface area contributed by atoms with Gasteiger partial charge in [-0.1, -0.05) is 30.3 Å². The van der Waals surface area contributed by atoms with Crippen molar-refractivity contribution in [2.24, 2.45) is 0 Å². The van der Waals surface area contributed by atoms with Crippen molar-refractivity contribution >= 4 is 17.5 Å². The van der Waals surface area contributed by atoms with Gasteiger partial charge >= 0.3 is 12.1 Å². The highest BCUT2D eigenvalue weighted by Crippen LogP contribution is 2.22. The number of hydrogen-bond donors (Lipinski definition) is 0. The number of halogens is 4. The molecule has 0 aliphatic heterocycles. The monoisotopic (exact) mass is 321 g/mol. The molecule has 1 atom stereocenters. The summed E-state index contributed by atoms with van der Waals surface area (Å²) in [5.74, 6) is -1.40. The molecule has 0 fully saturated rings. The van der Waals surface area contributed by atoms with Gasteiger partial charge in [-0.2, -0.15) is 13.2 Å². The summed E-state index contributed by atoms with van der Waals surface area (Å²) in [5, 5.41) is 0. The highest BCUT2D eigenvalue weighted by Gasteiger charge is 2.43. The van der Waals surface area contributed by atoms with E-state index in [-0.39, 0.29) is 6.54 Å². The Kier molecular flexibility index (Phi) is 7.02. The summed E-state index contributed by atoms with van der Waals surface area (Å²) in [6.45, 7) is 1.70. The van der Waals surface area contributed by atoms with E-state index >= 15 is 0 Å². The zero-order valence-corrected chi connectivity index (χ0v) is 12.6. The van der Waals surface area contributed by atoms with Crippen molar-refractivity contribution in [2.75, 3.05) is 12.4 Å². The Balaban J connectivity index is 2.77. The SMILES string of the molecule is CC(Cc1ccccc1)N(CCCCCl)C(=O)C(F)(F)F. The minimum absolute atomic E-state index is 0.0685. The van der Waals surface area contributed by atoms with E-state index in [0.29, 0.717) is 25.1 Å². The van der Waals surface area contributed by atoms with Gasteiger partial charge < -0.3 is 4.90 Å². The van der Waals surface area contributed by atoms with E-state index in [2.05, 4.69) is 0 Å². The lowest BCUT2D eigenvalue weighted by atomic mass is 10.1. The van der Waals surface area contributed by atoms with Crippen molar-refractivity contribution in [3.63, 3.8) is 0 Å². The van der Waals surface area contributed by atoms with Gasteiger partial charge in [-0.3, -0.25) is 4.79 Å². The number of carbonyl (C=O) groups excluding carboxylic acids is 1. The van der Waals surface area contributed by atoms with Gasteiger partial charge in [0.1, 0.15) is 0 Å². The van der Waals surface area contributed by atoms with Crippen molar-refractivity contribution in [3.8, 4) is 0 Å². The molecule has 118 valence electrons. The van der Waals surface area contributed by atoms with Crippen LogP contribution in [0.5, 0.6) is 0 Å². The second-order valence-corrected chi connectivity index (χ2v) is 5.31. The van der Waals surface area contributed by atoms with Crippen LogP contribution in [0.2, 0.25) is 0 Å². The number of benzene rings is 1. The first-order valence-corrected chi connectivity index (χ1v) is 7.37. The Morgan fingerprint density at radius 2 is 1.86 bits per heavy atom. The fourth-order valence-electron chi connectivity index (χ4n) is 2.13. The Labute approximate surface area is 127 Å². The summed E-state index contributed by atoms with van der Waals surface area (Å²) < 4.78 is 38.1. The standard InChI is InChI=1S/C15H19ClF3NO/c1-12(11-13-7-3-2-4-8-13)20(10-6-5-9-16)14(21)15(17,18)19/h2-4,7-8,12H,5-6,9-11H2,1H3. The lowest BCUT2D eigenvalue weighted by Gasteiger charge is -2.30. The molecule has 0 bridgehead atoms. The molecule has 0 spiro atoms. The van der Waals surface area contributed by atoms with Crippen molar-refractivity contribution in [1.29, 1.82) is 0 Å². The Morgan fingerprint density at radius 1 is 1.24 bits per heavy atom. The number of carbonyl (C=O) groups is 1. The molecule has 1 aromatic rings. The number of nitrogens with zero attached hydrogens (tertiary/aromatic N) is 1. The smallest absolute Gasteiger partial charge is 0.332 e. The molecule has 0 aliphatic carbocycles. The molecule has 6 heteroatoms. The zero-order valence-electron chi connectivity index (χ0n) is 11.9. The highest BCUT2D eigenvalue weighted by atomic mass is 35.5. The lowest BCUT2D eigenvalue weighted by Crippen LogP contribution is -2.47. The van der Waals surface area contributed by atoms with E-state index < -0.39 is 18.1 Å². The van der Waals surface area contributed by atoms with Crippen LogP contribution in [0, 0.1) is 0 Å². The molecule has 1 rings (SSSR count). The Hall–Kier alpha value is -1.23. The highest BCUT2D eigenvalue weighted by molar-refractivity contribution is 6.17. The third-order valence-electron chi connectivity index (χ3n) is 3.19. The number of rotatable bonds is 7. The molecule has 0 saturated heterocycles. The topological polar surface area (TPSA) is 20.3 Å². The van der Waals surface area contributed by atoms with Crippen molar-refractivity contribution in [1.82, 2.24) is 4.90 Å². The van der Waals surface area contributed by atoms with Crippen LogP contribution < -0.4 is 0 Å². The summed E-state index contributed by atoms with van der Waals surface area (Å²) in [6.07, 6.45) is -3.40. The molecule has 0 aromatic heterocycles. The number of unbranched alkanes of at least 4 members (excludes halogenated alkanes) is 1. The minimum atomic E-state index is -4.84. The molecule has 2 nitrogen and oxygen atoms in total. The normalized spacial score (nSPS) is 13.0. The maximum absolute atomic E-state index is 12.7. The first kappa shape index (κ1) is 17.8. The molecule has 0 radical (unpaired) electrons. The first-order valence-electron chi connectivity index (χ1n) is 6.84. The predicted molar refractivity (Wildman–Crippen MR) is 77.3 cm³/mol. The molecule has 0 aliphatic rings. The Morgan fingerprint density at radius 3 is 2.38 bits per heavy atom. The van der Waals surface area contributed by atoms with Crippen LogP contribution in [-0.2, 0) is 11.2 Å². The van der Waals surface area contributed by atoms with Gasteiger partial charge in [0.25, 0.3) is 0 Å². The largest absolute Gasteiger partial charge is 0.471 e.